The van der Waals surface area contributed by atoms with Crippen LogP contribution in [-0.4, -0.2) is 47.2 Å². The molecule has 0 radical (unpaired) electrons. The summed E-state index contributed by atoms with van der Waals surface area (Å²) in [5, 5.41) is 32.5. The molecule has 35 heavy (non-hydrogen) atoms. The maximum atomic E-state index is 11.1. The van der Waals surface area contributed by atoms with Crippen molar-refractivity contribution < 1.29 is 19.7 Å². The Morgan fingerprint density at radius 3 is 2.34 bits per heavy atom. The number of hydrogen-bond acceptors (Lipinski definition) is 6. The number of thioether (sulfide) groups is 1. The molecule has 0 saturated heterocycles. The Kier molecular flexibility index (Phi) is 8.94. The molecule has 0 aliphatic carbocycles. The van der Waals surface area contributed by atoms with Gasteiger partial charge in [-0.2, -0.15) is 5.26 Å². The summed E-state index contributed by atoms with van der Waals surface area (Å²) in [5.41, 5.74) is 3.16. The van der Waals surface area contributed by atoms with Crippen molar-refractivity contribution >= 4 is 17.7 Å². The second-order valence-electron chi connectivity index (χ2n) is 8.96. The fraction of sp³-hybridized carbons (Fsp3) is 0.286. The number of aliphatic hydroxyl groups is 1. The number of ether oxygens (including phenoxy) is 1. The van der Waals surface area contributed by atoms with E-state index in [1.807, 2.05) is 0 Å². The van der Waals surface area contributed by atoms with Crippen molar-refractivity contribution in [1.29, 1.82) is 5.26 Å². The minimum atomic E-state index is -0.986. The molecular formula is C28H30N2O4S. The van der Waals surface area contributed by atoms with E-state index in [0.29, 0.717) is 17.9 Å². The SMILES string of the molecule is CSc1ccc(CC(C)(C)NC[C@@H](O)COc2cc(-c3ccc(C(=O)O)cc3)ccc2C#N)cc1. The number of carbonyl (C=O) groups is 1. The molecular weight excluding hydrogens is 460 g/mol. The Labute approximate surface area is 210 Å². The predicted octanol–water partition coefficient (Wildman–Crippen LogP) is 5.00. The van der Waals surface area contributed by atoms with Crippen molar-refractivity contribution in [3.63, 3.8) is 0 Å². The minimum Gasteiger partial charge on any atom is -0.489 e. The van der Waals surface area contributed by atoms with Gasteiger partial charge in [0, 0.05) is 17.0 Å². The maximum Gasteiger partial charge on any atom is 0.335 e. The summed E-state index contributed by atoms with van der Waals surface area (Å²) in [4.78, 5) is 12.3. The van der Waals surface area contributed by atoms with Crippen LogP contribution in [0.4, 0.5) is 0 Å². The van der Waals surface area contributed by atoms with E-state index in [9.17, 15) is 15.2 Å². The van der Waals surface area contributed by atoms with E-state index in [4.69, 9.17) is 9.84 Å². The van der Waals surface area contributed by atoms with Crippen molar-refractivity contribution in [3.8, 4) is 22.9 Å². The van der Waals surface area contributed by atoms with Crippen molar-refractivity contribution in [2.24, 2.45) is 0 Å². The highest BCUT2D eigenvalue weighted by Gasteiger charge is 2.20. The number of nitrogens with one attached hydrogen (secondary N) is 1. The number of carboxylic acids is 1. The Bertz CT molecular complexity index is 1190. The lowest BCUT2D eigenvalue weighted by molar-refractivity contribution is 0.0697. The molecule has 3 aromatic rings. The van der Waals surface area contributed by atoms with Crippen LogP contribution < -0.4 is 10.1 Å². The van der Waals surface area contributed by atoms with E-state index in [-0.39, 0.29) is 17.7 Å². The molecule has 1 atom stereocenters. The highest BCUT2D eigenvalue weighted by Crippen LogP contribution is 2.28. The number of hydrogen-bond donors (Lipinski definition) is 3. The number of nitrogens with zero attached hydrogens (tertiary/aromatic N) is 1. The first-order chi connectivity index (χ1) is 16.7. The highest BCUT2D eigenvalue weighted by atomic mass is 32.2. The van der Waals surface area contributed by atoms with Crippen LogP contribution >= 0.6 is 11.8 Å². The van der Waals surface area contributed by atoms with Crippen molar-refractivity contribution in [2.75, 3.05) is 19.4 Å². The number of aromatic carboxylic acids is 1. The zero-order valence-corrected chi connectivity index (χ0v) is 20.9. The van der Waals surface area contributed by atoms with Gasteiger partial charge in [-0.25, -0.2) is 4.79 Å². The molecule has 3 N–H and O–H groups in total. The average molecular weight is 491 g/mol. The molecule has 7 heteroatoms. The monoisotopic (exact) mass is 490 g/mol. The largest absolute Gasteiger partial charge is 0.489 e. The van der Waals surface area contributed by atoms with E-state index in [1.165, 1.54) is 22.6 Å². The number of aliphatic hydroxyl groups excluding tert-OH is 1. The van der Waals surface area contributed by atoms with Gasteiger partial charge in [0.1, 0.15) is 24.5 Å². The number of carboxylic acid groups (broad SMARTS) is 1. The van der Waals surface area contributed by atoms with Gasteiger partial charge in [-0.15, -0.1) is 11.8 Å². The molecule has 0 spiro atoms. The first-order valence-corrected chi connectivity index (χ1v) is 12.5. The molecule has 0 heterocycles. The van der Waals surface area contributed by atoms with Gasteiger partial charge in [0.2, 0.25) is 0 Å². The van der Waals surface area contributed by atoms with Crippen LogP contribution in [0.25, 0.3) is 11.1 Å². The second-order valence-corrected chi connectivity index (χ2v) is 9.84. The molecule has 182 valence electrons. The molecule has 3 rings (SSSR count). The van der Waals surface area contributed by atoms with E-state index < -0.39 is 12.1 Å². The summed E-state index contributed by atoms with van der Waals surface area (Å²) in [6, 6.07) is 22.3. The molecule has 0 unspecified atom stereocenters. The molecule has 0 aromatic heterocycles. The van der Waals surface area contributed by atoms with E-state index in [0.717, 1.165) is 17.5 Å². The van der Waals surface area contributed by atoms with Crippen LogP contribution in [0.3, 0.4) is 0 Å². The van der Waals surface area contributed by atoms with Crippen molar-refractivity contribution in [3.05, 3.63) is 83.4 Å². The van der Waals surface area contributed by atoms with Crippen LogP contribution in [0.1, 0.15) is 35.3 Å². The Hall–Kier alpha value is -3.31. The van der Waals surface area contributed by atoms with Crippen LogP contribution in [-0.2, 0) is 6.42 Å². The van der Waals surface area contributed by atoms with Crippen LogP contribution in [0.15, 0.2) is 71.6 Å². The smallest absolute Gasteiger partial charge is 0.335 e. The zero-order valence-electron chi connectivity index (χ0n) is 20.1. The lowest BCUT2D eigenvalue weighted by Crippen LogP contribution is -2.46. The molecule has 0 amide bonds. The zero-order chi connectivity index (χ0) is 25.4. The maximum absolute atomic E-state index is 11.1. The average Bonchev–Trinajstić information content (AvgIpc) is 2.86. The number of β-amino-alcohol motifs (C(OH)–C–C–N with tert-alkyl or cyclic N) is 1. The molecule has 0 saturated carbocycles. The van der Waals surface area contributed by atoms with Gasteiger partial charge in [0.15, 0.2) is 0 Å². The Morgan fingerprint density at radius 1 is 1.09 bits per heavy atom. The normalized spacial score (nSPS) is 12.1. The molecule has 0 aliphatic heterocycles. The summed E-state index contributed by atoms with van der Waals surface area (Å²) < 4.78 is 5.81. The number of nitriles is 1. The number of benzene rings is 3. The van der Waals surface area contributed by atoms with Gasteiger partial charge in [-0.3, -0.25) is 0 Å². The molecule has 0 fully saturated rings. The number of rotatable bonds is 11. The van der Waals surface area contributed by atoms with Crippen LogP contribution in [0.2, 0.25) is 0 Å². The summed E-state index contributed by atoms with van der Waals surface area (Å²) in [6.07, 6.45) is 2.10. The fourth-order valence-electron chi connectivity index (χ4n) is 3.67. The van der Waals surface area contributed by atoms with E-state index in [1.54, 1.807) is 42.1 Å². The van der Waals surface area contributed by atoms with Crippen LogP contribution in [0.5, 0.6) is 5.75 Å². The minimum absolute atomic E-state index is 0.0294. The molecule has 3 aromatic carbocycles. The lowest BCUT2D eigenvalue weighted by atomic mass is 9.95. The van der Waals surface area contributed by atoms with Gasteiger partial charge in [-0.1, -0.05) is 30.3 Å². The molecule has 0 aliphatic rings. The first-order valence-electron chi connectivity index (χ1n) is 11.3. The molecule has 0 bridgehead atoms. The van der Waals surface area contributed by atoms with Crippen molar-refractivity contribution in [2.45, 2.75) is 36.8 Å². The first kappa shape index (κ1) is 26.3. The van der Waals surface area contributed by atoms with Crippen molar-refractivity contribution in [1.82, 2.24) is 5.32 Å². The van der Waals surface area contributed by atoms with E-state index >= 15 is 0 Å². The third-order valence-electron chi connectivity index (χ3n) is 5.62. The summed E-state index contributed by atoms with van der Waals surface area (Å²) in [5.74, 6) is -0.612. The van der Waals surface area contributed by atoms with Gasteiger partial charge in [0.05, 0.1) is 11.1 Å². The predicted molar refractivity (Wildman–Crippen MR) is 139 cm³/mol. The van der Waals surface area contributed by atoms with Gasteiger partial charge in [0.25, 0.3) is 0 Å². The van der Waals surface area contributed by atoms with Crippen LogP contribution in [0, 0.1) is 11.3 Å². The highest BCUT2D eigenvalue weighted by molar-refractivity contribution is 7.98. The van der Waals surface area contributed by atoms with E-state index in [2.05, 4.69) is 55.8 Å². The van der Waals surface area contributed by atoms with Gasteiger partial charge in [-0.05, 0) is 79.6 Å². The Balaban J connectivity index is 1.59. The standard InChI is InChI=1S/C28H30N2O4S/c1-28(2,15-19-4-12-25(35-3)13-5-19)30-17-24(31)18-34-26-14-22(10-11-23(26)16-29)20-6-8-21(9-7-20)27(32)33/h4-14,24,30-31H,15,17-18H2,1-3H3,(H,32,33)/t24-/m1/s1. The summed E-state index contributed by atoms with van der Waals surface area (Å²) in [7, 11) is 0. The third kappa shape index (κ3) is 7.59. The third-order valence-corrected chi connectivity index (χ3v) is 6.36. The lowest BCUT2D eigenvalue weighted by Gasteiger charge is -2.28. The summed E-state index contributed by atoms with van der Waals surface area (Å²) in [6.45, 7) is 4.56. The summed E-state index contributed by atoms with van der Waals surface area (Å²) >= 11 is 1.71. The second kappa shape index (κ2) is 11.9. The van der Waals surface area contributed by atoms with Gasteiger partial charge < -0.3 is 20.3 Å². The van der Waals surface area contributed by atoms with Gasteiger partial charge >= 0.3 is 5.97 Å². The Morgan fingerprint density at radius 2 is 1.74 bits per heavy atom. The topological polar surface area (TPSA) is 103 Å². The quantitative estimate of drug-likeness (QED) is 0.325. The fourth-order valence-corrected chi connectivity index (χ4v) is 4.08. The molecule has 6 nitrogen and oxygen atoms in total.